The molecule has 0 N–H and O–H groups in total. The van der Waals surface area contributed by atoms with Crippen LogP contribution >= 0.6 is 0 Å². The average molecular weight is 248 g/mol. The fraction of sp³-hybridized carbons (Fsp3) is 0.167. The summed E-state index contributed by atoms with van der Waals surface area (Å²) in [6, 6.07) is 20.7. The molecule has 0 aromatic heterocycles. The van der Waals surface area contributed by atoms with Crippen LogP contribution < -0.4 is 0 Å². The molecule has 0 amide bonds. The SMILES string of the molecule is O=C1C=C(c2ccccc2)[C@H](c2ccccc2)CC1. The number of carbonyl (C=O) groups excluding carboxylic acids is 1. The van der Waals surface area contributed by atoms with E-state index in [1.165, 1.54) is 5.56 Å². The topological polar surface area (TPSA) is 17.1 Å². The molecule has 2 aromatic rings. The van der Waals surface area contributed by atoms with E-state index in [0.717, 1.165) is 17.6 Å². The number of hydrogen-bond donors (Lipinski definition) is 0. The Labute approximate surface area is 113 Å². The van der Waals surface area contributed by atoms with Crippen molar-refractivity contribution in [3.63, 3.8) is 0 Å². The molecular formula is C18H16O. The zero-order chi connectivity index (χ0) is 13.1. The predicted molar refractivity (Wildman–Crippen MR) is 77.8 cm³/mol. The minimum Gasteiger partial charge on any atom is -0.295 e. The van der Waals surface area contributed by atoms with Crippen LogP contribution in [0.15, 0.2) is 66.7 Å². The van der Waals surface area contributed by atoms with Crippen LogP contribution in [-0.2, 0) is 4.79 Å². The summed E-state index contributed by atoms with van der Waals surface area (Å²) in [5.74, 6) is 0.576. The maximum absolute atomic E-state index is 11.7. The van der Waals surface area contributed by atoms with E-state index in [9.17, 15) is 4.79 Å². The van der Waals surface area contributed by atoms with Crippen LogP contribution in [0.2, 0.25) is 0 Å². The summed E-state index contributed by atoms with van der Waals surface area (Å²) in [4.78, 5) is 11.7. The van der Waals surface area contributed by atoms with Gasteiger partial charge in [0, 0.05) is 12.3 Å². The molecule has 0 heterocycles. The van der Waals surface area contributed by atoms with Gasteiger partial charge in [0.2, 0.25) is 0 Å². The van der Waals surface area contributed by atoms with Gasteiger partial charge in [-0.2, -0.15) is 0 Å². The Kier molecular flexibility index (Phi) is 3.28. The molecule has 1 aliphatic rings. The summed E-state index contributed by atoms with van der Waals surface area (Å²) in [5.41, 5.74) is 3.61. The quantitative estimate of drug-likeness (QED) is 0.777. The van der Waals surface area contributed by atoms with Crippen LogP contribution in [0.1, 0.15) is 29.9 Å². The summed E-state index contributed by atoms with van der Waals surface area (Å²) in [7, 11) is 0. The lowest BCUT2D eigenvalue weighted by Crippen LogP contribution is -2.12. The summed E-state index contributed by atoms with van der Waals surface area (Å²) < 4.78 is 0. The van der Waals surface area contributed by atoms with E-state index in [0.29, 0.717) is 12.3 Å². The highest BCUT2D eigenvalue weighted by Gasteiger charge is 2.23. The molecule has 19 heavy (non-hydrogen) atoms. The number of hydrogen-bond acceptors (Lipinski definition) is 1. The van der Waals surface area contributed by atoms with E-state index in [2.05, 4.69) is 36.4 Å². The summed E-state index contributed by atoms with van der Waals surface area (Å²) >= 11 is 0. The largest absolute Gasteiger partial charge is 0.295 e. The Balaban J connectivity index is 2.04. The van der Waals surface area contributed by atoms with Crippen LogP contribution in [0.5, 0.6) is 0 Å². The molecule has 0 fully saturated rings. The minimum absolute atomic E-state index is 0.242. The number of ketones is 1. The zero-order valence-corrected chi connectivity index (χ0v) is 10.8. The standard InChI is InChI=1S/C18H16O/c19-16-11-12-17(14-7-3-1-4-8-14)18(13-16)15-9-5-2-6-10-15/h1-10,13,17H,11-12H2/t17-/m0/s1. The van der Waals surface area contributed by atoms with Crippen LogP contribution in [0, 0.1) is 0 Å². The molecule has 0 unspecified atom stereocenters. The number of benzene rings is 2. The second-order valence-corrected chi connectivity index (χ2v) is 4.93. The molecule has 94 valence electrons. The molecule has 1 aliphatic carbocycles. The lowest BCUT2D eigenvalue weighted by molar-refractivity contribution is -0.114. The van der Waals surface area contributed by atoms with E-state index in [1.54, 1.807) is 0 Å². The molecule has 0 saturated heterocycles. The zero-order valence-electron chi connectivity index (χ0n) is 10.8. The second-order valence-electron chi connectivity index (χ2n) is 4.93. The maximum atomic E-state index is 11.7. The Bertz CT molecular complexity index is 596. The van der Waals surface area contributed by atoms with Crippen molar-refractivity contribution in [1.82, 2.24) is 0 Å². The Morgan fingerprint density at radius 3 is 2.16 bits per heavy atom. The molecule has 0 radical (unpaired) electrons. The molecule has 1 nitrogen and oxygen atoms in total. The first-order valence-corrected chi connectivity index (χ1v) is 6.69. The van der Waals surface area contributed by atoms with Gasteiger partial charge >= 0.3 is 0 Å². The summed E-state index contributed by atoms with van der Waals surface area (Å²) in [5, 5.41) is 0. The van der Waals surface area contributed by atoms with E-state index in [4.69, 9.17) is 0 Å². The van der Waals surface area contributed by atoms with Crippen LogP contribution in [0.25, 0.3) is 5.57 Å². The fourth-order valence-corrected chi connectivity index (χ4v) is 2.73. The van der Waals surface area contributed by atoms with E-state index in [1.807, 2.05) is 30.3 Å². The third-order valence-electron chi connectivity index (χ3n) is 3.68. The van der Waals surface area contributed by atoms with Crippen molar-refractivity contribution in [2.45, 2.75) is 18.8 Å². The van der Waals surface area contributed by atoms with Gasteiger partial charge in [0.05, 0.1) is 0 Å². The first-order valence-electron chi connectivity index (χ1n) is 6.69. The maximum Gasteiger partial charge on any atom is 0.156 e. The van der Waals surface area contributed by atoms with Crippen molar-refractivity contribution < 1.29 is 4.79 Å². The Hall–Kier alpha value is -2.15. The highest BCUT2D eigenvalue weighted by atomic mass is 16.1. The highest BCUT2D eigenvalue weighted by Crippen LogP contribution is 2.38. The molecule has 0 aliphatic heterocycles. The van der Waals surface area contributed by atoms with Gasteiger partial charge in [0.25, 0.3) is 0 Å². The van der Waals surface area contributed by atoms with Crippen molar-refractivity contribution in [3.8, 4) is 0 Å². The van der Waals surface area contributed by atoms with E-state index >= 15 is 0 Å². The van der Waals surface area contributed by atoms with Crippen LogP contribution in [0.4, 0.5) is 0 Å². The van der Waals surface area contributed by atoms with Crippen LogP contribution in [0.3, 0.4) is 0 Å². The molecule has 2 aromatic carbocycles. The average Bonchev–Trinajstić information content (AvgIpc) is 2.49. The van der Waals surface area contributed by atoms with Gasteiger partial charge in [-0.1, -0.05) is 60.7 Å². The number of carbonyl (C=O) groups is 1. The van der Waals surface area contributed by atoms with Gasteiger partial charge in [-0.3, -0.25) is 4.79 Å². The smallest absolute Gasteiger partial charge is 0.156 e. The lowest BCUT2D eigenvalue weighted by atomic mass is 9.79. The highest BCUT2D eigenvalue weighted by molar-refractivity contribution is 5.99. The Morgan fingerprint density at radius 2 is 1.47 bits per heavy atom. The molecule has 0 spiro atoms. The monoisotopic (exact) mass is 248 g/mol. The van der Waals surface area contributed by atoms with Crippen molar-refractivity contribution in [3.05, 3.63) is 77.9 Å². The second kappa shape index (κ2) is 5.23. The molecule has 3 rings (SSSR count). The number of allylic oxidation sites excluding steroid dienone is 2. The van der Waals surface area contributed by atoms with Crippen molar-refractivity contribution in [1.29, 1.82) is 0 Å². The molecular weight excluding hydrogens is 232 g/mol. The third-order valence-corrected chi connectivity index (χ3v) is 3.68. The van der Waals surface area contributed by atoms with Crippen molar-refractivity contribution in [2.24, 2.45) is 0 Å². The summed E-state index contributed by atoms with van der Waals surface area (Å²) in [6.45, 7) is 0. The number of rotatable bonds is 2. The third kappa shape index (κ3) is 2.50. The van der Waals surface area contributed by atoms with Gasteiger partial charge < -0.3 is 0 Å². The van der Waals surface area contributed by atoms with Crippen molar-refractivity contribution >= 4 is 11.4 Å². The first-order chi connectivity index (χ1) is 9.34. The normalized spacial score (nSPS) is 19.1. The fourth-order valence-electron chi connectivity index (χ4n) is 2.73. The minimum atomic E-state index is 0.242. The molecule has 0 saturated carbocycles. The Morgan fingerprint density at radius 1 is 0.842 bits per heavy atom. The van der Waals surface area contributed by atoms with Gasteiger partial charge in [0.15, 0.2) is 5.78 Å². The van der Waals surface area contributed by atoms with E-state index in [-0.39, 0.29) is 5.78 Å². The van der Waals surface area contributed by atoms with Gasteiger partial charge in [-0.05, 0) is 29.2 Å². The van der Waals surface area contributed by atoms with Gasteiger partial charge in [0.1, 0.15) is 0 Å². The molecule has 1 atom stereocenters. The van der Waals surface area contributed by atoms with Crippen molar-refractivity contribution in [2.75, 3.05) is 0 Å². The first kappa shape index (κ1) is 11.9. The molecule has 0 bridgehead atoms. The van der Waals surface area contributed by atoms with Gasteiger partial charge in [-0.25, -0.2) is 0 Å². The van der Waals surface area contributed by atoms with Crippen LogP contribution in [-0.4, -0.2) is 5.78 Å². The van der Waals surface area contributed by atoms with E-state index < -0.39 is 0 Å². The van der Waals surface area contributed by atoms with Gasteiger partial charge in [-0.15, -0.1) is 0 Å². The lowest BCUT2D eigenvalue weighted by Gasteiger charge is -2.24. The summed E-state index contributed by atoms with van der Waals surface area (Å²) in [6.07, 6.45) is 3.38. The predicted octanol–water partition coefficient (Wildman–Crippen LogP) is 4.22. The molecule has 1 heteroatoms.